The number of carbonyl (C=O) groups is 3. The van der Waals surface area contributed by atoms with Gasteiger partial charge in [-0.2, -0.15) is 0 Å². The molecule has 0 aliphatic carbocycles. The summed E-state index contributed by atoms with van der Waals surface area (Å²) in [4.78, 5) is 36.9. The van der Waals surface area contributed by atoms with Gasteiger partial charge < -0.3 is 16.0 Å². The normalized spacial score (nSPS) is 10.3. The highest BCUT2D eigenvalue weighted by Gasteiger charge is 2.19. The molecule has 0 saturated heterocycles. The molecule has 0 aromatic heterocycles. The molecule has 0 aliphatic heterocycles. The first-order valence-electron chi connectivity index (χ1n) is 8.26. The van der Waals surface area contributed by atoms with Crippen molar-refractivity contribution in [3.05, 3.63) is 64.4 Å². The van der Waals surface area contributed by atoms with Crippen molar-refractivity contribution in [1.29, 1.82) is 0 Å². The molecular formula is C19H19ClFN3O3. The average Bonchev–Trinajstić information content (AvgIpc) is 2.62. The summed E-state index contributed by atoms with van der Waals surface area (Å²) in [5.41, 5.74) is 5.90. The third-order valence-corrected chi connectivity index (χ3v) is 4.13. The summed E-state index contributed by atoms with van der Waals surface area (Å²) in [6.07, 6.45) is 0.0341. The lowest BCUT2D eigenvalue weighted by atomic mass is 10.1. The van der Waals surface area contributed by atoms with Gasteiger partial charge in [0.05, 0.1) is 5.56 Å². The lowest BCUT2D eigenvalue weighted by molar-refractivity contribution is -0.116. The Morgan fingerprint density at radius 3 is 2.37 bits per heavy atom. The molecule has 0 aliphatic rings. The van der Waals surface area contributed by atoms with Crippen LogP contribution in [0.1, 0.15) is 34.1 Å². The van der Waals surface area contributed by atoms with Gasteiger partial charge in [-0.05, 0) is 49.4 Å². The molecule has 2 aromatic rings. The summed E-state index contributed by atoms with van der Waals surface area (Å²) in [5, 5.41) is 2.87. The van der Waals surface area contributed by atoms with E-state index in [1.54, 1.807) is 19.1 Å². The van der Waals surface area contributed by atoms with Gasteiger partial charge in [0, 0.05) is 35.8 Å². The van der Waals surface area contributed by atoms with Gasteiger partial charge in [0.15, 0.2) is 0 Å². The Bertz CT molecular complexity index is 856. The van der Waals surface area contributed by atoms with Crippen molar-refractivity contribution in [1.82, 2.24) is 4.90 Å². The molecule has 0 bridgehead atoms. The largest absolute Gasteiger partial charge is 0.366 e. The van der Waals surface area contributed by atoms with Crippen molar-refractivity contribution >= 4 is 35.0 Å². The van der Waals surface area contributed by atoms with Crippen LogP contribution in [0.3, 0.4) is 0 Å². The van der Waals surface area contributed by atoms with E-state index in [0.29, 0.717) is 17.8 Å². The number of anilines is 1. The Labute approximate surface area is 161 Å². The van der Waals surface area contributed by atoms with Crippen LogP contribution in [0.2, 0.25) is 5.02 Å². The average molecular weight is 392 g/mol. The monoisotopic (exact) mass is 391 g/mol. The summed E-state index contributed by atoms with van der Waals surface area (Å²) in [6.45, 7) is 2.19. The molecule has 6 nitrogen and oxygen atoms in total. The Balaban J connectivity index is 1.95. The number of primary amides is 1. The maximum atomic E-state index is 13.9. The van der Waals surface area contributed by atoms with Gasteiger partial charge in [0.2, 0.25) is 11.8 Å². The standard InChI is InChI=1S/C19H19ClFN3O3/c1-2-24(19(27)15-8-5-13(20)11-16(15)21)10-9-17(25)23-14-6-3-12(4-7-14)18(22)26/h3-8,11H,2,9-10H2,1H3,(H2,22,26)(H,23,25). The zero-order valence-corrected chi connectivity index (χ0v) is 15.4. The highest BCUT2D eigenvalue weighted by Crippen LogP contribution is 2.17. The van der Waals surface area contributed by atoms with Crippen molar-refractivity contribution in [2.24, 2.45) is 5.73 Å². The molecule has 0 fully saturated rings. The Morgan fingerprint density at radius 2 is 1.81 bits per heavy atom. The number of nitrogens with two attached hydrogens (primary N) is 1. The van der Waals surface area contributed by atoms with Gasteiger partial charge in [0.25, 0.3) is 5.91 Å². The second-order valence-electron chi connectivity index (χ2n) is 5.75. The fourth-order valence-corrected chi connectivity index (χ4v) is 2.57. The Hall–Kier alpha value is -2.93. The second kappa shape index (κ2) is 9.14. The van der Waals surface area contributed by atoms with Crippen molar-refractivity contribution < 1.29 is 18.8 Å². The van der Waals surface area contributed by atoms with Crippen molar-refractivity contribution in [2.45, 2.75) is 13.3 Å². The van der Waals surface area contributed by atoms with Crippen LogP contribution >= 0.6 is 11.6 Å². The van der Waals surface area contributed by atoms with Gasteiger partial charge in [0.1, 0.15) is 5.82 Å². The predicted molar refractivity (Wildman–Crippen MR) is 101 cm³/mol. The number of hydrogen-bond acceptors (Lipinski definition) is 3. The molecule has 0 radical (unpaired) electrons. The molecule has 0 saturated carbocycles. The number of halogens is 2. The van der Waals surface area contributed by atoms with Crippen molar-refractivity contribution in [3.63, 3.8) is 0 Å². The number of nitrogens with one attached hydrogen (secondary N) is 1. The van der Waals surface area contributed by atoms with E-state index in [0.717, 1.165) is 6.07 Å². The third-order valence-electron chi connectivity index (χ3n) is 3.89. The lowest BCUT2D eigenvalue weighted by Gasteiger charge is -2.21. The highest BCUT2D eigenvalue weighted by molar-refractivity contribution is 6.30. The van der Waals surface area contributed by atoms with Gasteiger partial charge >= 0.3 is 0 Å². The van der Waals surface area contributed by atoms with Crippen LogP contribution in [0.5, 0.6) is 0 Å². The molecule has 0 spiro atoms. The fraction of sp³-hybridized carbons (Fsp3) is 0.211. The molecule has 3 N–H and O–H groups in total. The van der Waals surface area contributed by atoms with Crippen LogP contribution in [0.15, 0.2) is 42.5 Å². The lowest BCUT2D eigenvalue weighted by Crippen LogP contribution is -2.34. The summed E-state index contributed by atoms with van der Waals surface area (Å²) >= 11 is 5.70. The maximum absolute atomic E-state index is 13.9. The van der Waals surface area contributed by atoms with E-state index >= 15 is 0 Å². The molecule has 8 heteroatoms. The van der Waals surface area contributed by atoms with E-state index in [-0.39, 0.29) is 29.5 Å². The van der Waals surface area contributed by atoms with Crippen LogP contribution in [0, 0.1) is 5.82 Å². The van der Waals surface area contributed by atoms with E-state index in [9.17, 15) is 18.8 Å². The summed E-state index contributed by atoms with van der Waals surface area (Å²) in [6, 6.07) is 9.96. The quantitative estimate of drug-likeness (QED) is 0.759. The van der Waals surface area contributed by atoms with E-state index in [2.05, 4.69) is 5.32 Å². The number of hydrogen-bond donors (Lipinski definition) is 2. The van der Waals surface area contributed by atoms with Crippen LogP contribution in [-0.4, -0.2) is 35.7 Å². The molecule has 0 heterocycles. The molecule has 3 amide bonds. The van der Waals surface area contributed by atoms with E-state index in [1.165, 1.54) is 29.2 Å². The zero-order valence-electron chi connectivity index (χ0n) is 14.7. The van der Waals surface area contributed by atoms with Gasteiger partial charge in [-0.3, -0.25) is 14.4 Å². The minimum atomic E-state index is -0.704. The van der Waals surface area contributed by atoms with Gasteiger partial charge in [-0.1, -0.05) is 11.6 Å². The van der Waals surface area contributed by atoms with Crippen molar-refractivity contribution in [2.75, 3.05) is 18.4 Å². The Morgan fingerprint density at radius 1 is 1.15 bits per heavy atom. The first kappa shape index (κ1) is 20.4. The van der Waals surface area contributed by atoms with Crippen molar-refractivity contribution in [3.8, 4) is 0 Å². The minimum Gasteiger partial charge on any atom is -0.366 e. The van der Waals surface area contributed by atoms with E-state index < -0.39 is 17.6 Å². The smallest absolute Gasteiger partial charge is 0.256 e. The SMILES string of the molecule is CCN(CCC(=O)Nc1ccc(C(N)=O)cc1)C(=O)c1ccc(Cl)cc1F. The van der Waals surface area contributed by atoms with E-state index in [1.807, 2.05) is 0 Å². The fourth-order valence-electron chi connectivity index (χ4n) is 2.41. The second-order valence-corrected chi connectivity index (χ2v) is 6.19. The molecule has 2 rings (SSSR count). The van der Waals surface area contributed by atoms with Crippen LogP contribution in [0.25, 0.3) is 0 Å². The summed E-state index contributed by atoms with van der Waals surface area (Å²) in [7, 11) is 0. The maximum Gasteiger partial charge on any atom is 0.256 e. The van der Waals surface area contributed by atoms with Gasteiger partial charge in [-0.15, -0.1) is 0 Å². The van der Waals surface area contributed by atoms with Crippen LogP contribution in [-0.2, 0) is 4.79 Å². The molecule has 142 valence electrons. The molecule has 27 heavy (non-hydrogen) atoms. The van der Waals surface area contributed by atoms with E-state index in [4.69, 9.17) is 17.3 Å². The number of benzene rings is 2. The number of amides is 3. The first-order chi connectivity index (χ1) is 12.8. The molecule has 2 aromatic carbocycles. The van der Waals surface area contributed by atoms with Gasteiger partial charge in [-0.25, -0.2) is 4.39 Å². The number of carbonyl (C=O) groups excluding carboxylic acids is 3. The first-order valence-corrected chi connectivity index (χ1v) is 8.63. The zero-order chi connectivity index (χ0) is 20.0. The topological polar surface area (TPSA) is 92.5 Å². The number of rotatable bonds is 7. The highest BCUT2D eigenvalue weighted by atomic mass is 35.5. The molecular weight excluding hydrogens is 373 g/mol. The van der Waals surface area contributed by atoms with Crippen LogP contribution in [0.4, 0.5) is 10.1 Å². The molecule has 0 unspecified atom stereocenters. The minimum absolute atomic E-state index is 0.0341. The Kier molecular flexibility index (Phi) is 6.90. The number of nitrogens with zero attached hydrogens (tertiary/aromatic N) is 1. The summed E-state index contributed by atoms with van der Waals surface area (Å²) < 4.78 is 13.9. The van der Waals surface area contributed by atoms with Crippen LogP contribution < -0.4 is 11.1 Å². The summed E-state index contributed by atoms with van der Waals surface area (Å²) in [5.74, 6) is -2.08. The third kappa shape index (κ3) is 5.52. The molecule has 0 atom stereocenters. The predicted octanol–water partition coefficient (Wildman–Crippen LogP) is 3.07.